The lowest BCUT2D eigenvalue weighted by Gasteiger charge is -2.40. The standard InChI is InChI=1S/C32H35N7O2/c1-22-13-14-25-21-26(32(40)33-29(25)23(22)2)30(31-34-35-36-39(31)16-15-24-9-5-4-6-10-24)38-19-17-37(18-20-38)27-11-7-8-12-28(27)41-3/h4-14,21,30H,15-20H2,1-3H3,(H,33,40)/t30-/m0/s1. The predicted molar refractivity (Wildman–Crippen MR) is 161 cm³/mol. The number of aryl methyl sites for hydroxylation is 4. The van der Waals surface area contributed by atoms with E-state index < -0.39 is 6.04 Å². The Morgan fingerprint density at radius 1 is 0.951 bits per heavy atom. The van der Waals surface area contributed by atoms with Crippen LogP contribution in [-0.2, 0) is 13.0 Å². The van der Waals surface area contributed by atoms with Crippen molar-refractivity contribution in [1.82, 2.24) is 30.1 Å². The first-order chi connectivity index (χ1) is 20.0. The highest BCUT2D eigenvalue weighted by atomic mass is 16.5. The molecule has 5 aromatic rings. The maximum absolute atomic E-state index is 13.7. The molecule has 3 heterocycles. The van der Waals surface area contributed by atoms with Crippen molar-refractivity contribution in [2.24, 2.45) is 0 Å². The summed E-state index contributed by atoms with van der Waals surface area (Å²) in [6.45, 7) is 7.77. The molecule has 1 aliphatic heterocycles. The second-order valence-electron chi connectivity index (χ2n) is 10.6. The number of pyridine rings is 1. The minimum Gasteiger partial charge on any atom is -0.495 e. The molecule has 0 bridgehead atoms. The Kier molecular flexibility index (Phi) is 7.52. The molecule has 0 aliphatic carbocycles. The fraction of sp³-hybridized carbons (Fsp3) is 0.312. The molecule has 1 aliphatic rings. The molecule has 1 N–H and O–H groups in total. The molecule has 0 saturated carbocycles. The van der Waals surface area contributed by atoms with Gasteiger partial charge in [-0.15, -0.1) is 5.10 Å². The number of anilines is 1. The van der Waals surface area contributed by atoms with Crippen LogP contribution in [0.25, 0.3) is 10.9 Å². The van der Waals surface area contributed by atoms with E-state index in [4.69, 9.17) is 4.74 Å². The van der Waals surface area contributed by atoms with Crippen molar-refractivity contribution in [3.8, 4) is 5.75 Å². The zero-order valence-corrected chi connectivity index (χ0v) is 23.7. The molecule has 9 heteroatoms. The van der Waals surface area contributed by atoms with Crippen LogP contribution in [0.2, 0.25) is 0 Å². The SMILES string of the molecule is COc1ccccc1N1CCN([C@@H](c2cc3ccc(C)c(C)c3[nH]c2=O)c2nnnn2CCc2ccccc2)CC1. The average Bonchev–Trinajstić information content (AvgIpc) is 3.48. The molecule has 210 valence electrons. The van der Waals surface area contributed by atoms with E-state index in [1.165, 1.54) is 5.56 Å². The first kappa shape index (κ1) is 26.7. The van der Waals surface area contributed by atoms with Gasteiger partial charge in [-0.25, -0.2) is 4.68 Å². The van der Waals surface area contributed by atoms with E-state index in [-0.39, 0.29) is 5.56 Å². The maximum Gasteiger partial charge on any atom is 0.253 e. The topological polar surface area (TPSA) is 92.2 Å². The van der Waals surface area contributed by atoms with Crippen LogP contribution in [0.1, 0.15) is 34.1 Å². The van der Waals surface area contributed by atoms with Crippen LogP contribution in [0.4, 0.5) is 5.69 Å². The largest absolute Gasteiger partial charge is 0.495 e. The monoisotopic (exact) mass is 549 g/mol. The molecule has 0 unspecified atom stereocenters. The van der Waals surface area contributed by atoms with Gasteiger partial charge in [-0.2, -0.15) is 0 Å². The fourth-order valence-corrected chi connectivity index (χ4v) is 5.80. The first-order valence-corrected chi connectivity index (χ1v) is 14.1. The van der Waals surface area contributed by atoms with Gasteiger partial charge in [-0.3, -0.25) is 9.69 Å². The van der Waals surface area contributed by atoms with E-state index in [1.54, 1.807) is 7.11 Å². The summed E-state index contributed by atoms with van der Waals surface area (Å²) >= 11 is 0. The molecular formula is C32H35N7O2. The van der Waals surface area contributed by atoms with E-state index in [0.29, 0.717) is 17.9 Å². The number of nitrogens with one attached hydrogen (secondary N) is 1. The highest BCUT2D eigenvalue weighted by Crippen LogP contribution is 2.32. The minimum atomic E-state index is -0.393. The predicted octanol–water partition coefficient (Wildman–Crippen LogP) is 4.29. The van der Waals surface area contributed by atoms with E-state index in [1.807, 2.05) is 54.1 Å². The summed E-state index contributed by atoms with van der Waals surface area (Å²) in [6.07, 6.45) is 0.791. The fourth-order valence-electron chi connectivity index (χ4n) is 5.80. The number of para-hydroxylation sites is 2. The Morgan fingerprint density at radius 3 is 2.49 bits per heavy atom. The molecule has 41 heavy (non-hydrogen) atoms. The van der Waals surface area contributed by atoms with Gasteiger partial charge >= 0.3 is 0 Å². The molecule has 2 aromatic heterocycles. The number of tetrazole rings is 1. The quantitative estimate of drug-likeness (QED) is 0.309. The zero-order valence-electron chi connectivity index (χ0n) is 23.7. The van der Waals surface area contributed by atoms with E-state index in [0.717, 1.165) is 66.1 Å². The van der Waals surface area contributed by atoms with Crippen LogP contribution >= 0.6 is 0 Å². The maximum atomic E-state index is 13.7. The molecule has 1 fully saturated rings. The Hall–Kier alpha value is -4.50. The molecule has 0 radical (unpaired) electrons. The van der Waals surface area contributed by atoms with Gasteiger partial charge in [0.15, 0.2) is 5.82 Å². The minimum absolute atomic E-state index is 0.110. The highest BCUT2D eigenvalue weighted by Gasteiger charge is 2.33. The second kappa shape index (κ2) is 11.5. The summed E-state index contributed by atoms with van der Waals surface area (Å²) in [7, 11) is 1.70. The van der Waals surface area contributed by atoms with Crippen molar-refractivity contribution in [2.75, 3.05) is 38.2 Å². The van der Waals surface area contributed by atoms with Crippen LogP contribution in [0.15, 0.2) is 77.6 Å². The number of rotatable bonds is 8. The number of nitrogens with zero attached hydrogens (tertiary/aromatic N) is 6. The first-order valence-electron chi connectivity index (χ1n) is 14.1. The van der Waals surface area contributed by atoms with Gasteiger partial charge in [-0.1, -0.05) is 54.6 Å². The highest BCUT2D eigenvalue weighted by molar-refractivity contribution is 5.83. The molecule has 6 rings (SSSR count). The summed E-state index contributed by atoms with van der Waals surface area (Å²) in [5.74, 6) is 1.54. The number of H-pyrrole nitrogens is 1. The Morgan fingerprint density at radius 2 is 1.71 bits per heavy atom. The molecule has 0 spiro atoms. The summed E-state index contributed by atoms with van der Waals surface area (Å²) in [6, 6.07) is 24.2. The van der Waals surface area contributed by atoms with Gasteiger partial charge < -0.3 is 14.6 Å². The van der Waals surface area contributed by atoms with Gasteiger partial charge in [0.2, 0.25) is 0 Å². The van der Waals surface area contributed by atoms with Crippen LogP contribution in [0.5, 0.6) is 5.75 Å². The van der Waals surface area contributed by atoms with Crippen LogP contribution in [-0.4, -0.2) is 63.4 Å². The molecule has 0 amide bonds. The van der Waals surface area contributed by atoms with Gasteiger partial charge in [0.05, 0.1) is 18.3 Å². The van der Waals surface area contributed by atoms with Crippen molar-refractivity contribution in [3.63, 3.8) is 0 Å². The van der Waals surface area contributed by atoms with Crippen molar-refractivity contribution in [2.45, 2.75) is 32.9 Å². The molecule has 3 aromatic carbocycles. The van der Waals surface area contributed by atoms with Gasteiger partial charge in [0, 0.05) is 38.3 Å². The normalized spacial score (nSPS) is 14.9. The summed E-state index contributed by atoms with van der Waals surface area (Å²) in [5, 5.41) is 14.0. The van der Waals surface area contributed by atoms with Crippen molar-refractivity contribution in [1.29, 1.82) is 0 Å². The summed E-state index contributed by atoms with van der Waals surface area (Å²) in [5.41, 5.74) is 5.94. The third kappa shape index (κ3) is 5.32. The van der Waals surface area contributed by atoms with Crippen molar-refractivity contribution < 1.29 is 4.74 Å². The Labute approximate surface area is 239 Å². The number of methoxy groups -OCH3 is 1. The number of hydrogen-bond donors (Lipinski definition) is 1. The van der Waals surface area contributed by atoms with E-state index in [9.17, 15) is 4.79 Å². The van der Waals surface area contributed by atoms with E-state index in [2.05, 4.69) is 67.6 Å². The van der Waals surface area contributed by atoms with Gasteiger partial charge in [0.1, 0.15) is 11.8 Å². The summed E-state index contributed by atoms with van der Waals surface area (Å²) < 4.78 is 7.48. The second-order valence-corrected chi connectivity index (χ2v) is 10.6. The van der Waals surface area contributed by atoms with Crippen molar-refractivity contribution in [3.05, 3.63) is 111 Å². The van der Waals surface area contributed by atoms with Gasteiger partial charge in [0.25, 0.3) is 5.56 Å². The van der Waals surface area contributed by atoms with Crippen LogP contribution < -0.4 is 15.2 Å². The number of fused-ring (bicyclic) bond motifs is 1. The third-order valence-electron chi connectivity index (χ3n) is 8.24. The van der Waals surface area contributed by atoms with Gasteiger partial charge in [-0.05, 0) is 71.0 Å². The smallest absolute Gasteiger partial charge is 0.253 e. The van der Waals surface area contributed by atoms with E-state index >= 15 is 0 Å². The zero-order chi connectivity index (χ0) is 28.3. The number of aromatic amines is 1. The average molecular weight is 550 g/mol. The molecule has 1 saturated heterocycles. The molecular weight excluding hydrogens is 514 g/mol. The van der Waals surface area contributed by atoms with Crippen LogP contribution in [0.3, 0.4) is 0 Å². The molecule has 1 atom stereocenters. The third-order valence-corrected chi connectivity index (χ3v) is 8.24. The van der Waals surface area contributed by atoms with Crippen molar-refractivity contribution >= 4 is 16.6 Å². The number of benzene rings is 3. The van der Waals surface area contributed by atoms with Crippen LogP contribution in [0, 0.1) is 13.8 Å². The summed E-state index contributed by atoms with van der Waals surface area (Å²) in [4.78, 5) is 21.6. The number of ether oxygens (including phenoxy) is 1. The lowest BCUT2D eigenvalue weighted by molar-refractivity contribution is 0.199. The molecule has 9 nitrogen and oxygen atoms in total. The lowest BCUT2D eigenvalue weighted by atomic mass is 9.99. The Bertz CT molecular complexity index is 1700. The number of aromatic nitrogens is 5. The lowest BCUT2D eigenvalue weighted by Crippen LogP contribution is -2.49. The number of hydrogen-bond acceptors (Lipinski definition) is 7. The Balaban J connectivity index is 1.36. The number of piperazine rings is 1.